The van der Waals surface area contributed by atoms with Gasteiger partial charge in [-0.05, 0) is 18.4 Å². The first-order valence-corrected chi connectivity index (χ1v) is 14.3. The first kappa shape index (κ1) is 30.1. The average molecular weight is 536 g/mol. The number of amides is 1. The van der Waals surface area contributed by atoms with Crippen molar-refractivity contribution in [2.75, 3.05) is 26.6 Å². The van der Waals surface area contributed by atoms with Crippen molar-refractivity contribution in [1.29, 1.82) is 0 Å². The highest BCUT2D eigenvalue weighted by atomic mass is 16.5. The molecule has 1 heterocycles. The molecule has 0 fully saturated rings. The number of hydrogen-bond acceptors (Lipinski definition) is 5. The van der Waals surface area contributed by atoms with Gasteiger partial charge in [0.15, 0.2) is 0 Å². The van der Waals surface area contributed by atoms with Crippen LogP contribution in [0.15, 0.2) is 55.0 Å². The van der Waals surface area contributed by atoms with Gasteiger partial charge in [-0.2, -0.15) is 0 Å². The number of nitrogens with zero attached hydrogens (tertiary/aromatic N) is 2. The van der Waals surface area contributed by atoms with Crippen LogP contribution in [0.25, 0.3) is 0 Å². The van der Waals surface area contributed by atoms with E-state index in [1.54, 1.807) is 39.8 Å². The molecule has 0 saturated carbocycles. The van der Waals surface area contributed by atoms with E-state index in [1.165, 1.54) is 57.8 Å². The zero-order valence-corrected chi connectivity index (χ0v) is 24.1. The molecule has 0 unspecified atom stereocenters. The lowest BCUT2D eigenvalue weighted by Crippen LogP contribution is -2.26. The molecule has 7 nitrogen and oxygen atoms in total. The third-order valence-corrected chi connectivity index (χ3v) is 7.07. The summed E-state index contributed by atoms with van der Waals surface area (Å²) in [6, 6.07) is 12.6. The molecule has 1 amide bonds. The van der Waals surface area contributed by atoms with E-state index in [1.807, 2.05) is 41.1 Å². The van der Waals surface area contributed by atoms with E-state index in [-0.39, 0.29) is 5.91 Å². The summed E-state index contributed by atoms with van der Waals surface area (Å²) in [6.45, 7) is 2.26. The quantitative estimate of drug-likeness (QED) is 0.170. The van der Waals surface area contributed by atoms with Gasteiger partial charge in [-0.25, -0.2) is 4.98 Å². The molecule has 0 saturated heterocycles. The minimum Gasteiger partial charge on any atom is -0.496 e. The predicted molar refractivity (Wildman–Crippen MR) is 157 cm³/mol. The van der Waals surface area contributed by atoms with Crippen LogP contribution in [0.4, 0.5) is 5.69 Å². The largest absolute Gasteiger partial charge is 0.496 e. The van der Waals surface area contributed by atoms with Crippen molar-refractivity contribution in [3.63, 3.8) is 0 Å². The van der Waals surface area contributed by atoms with Crippen LogP contribution in [0, 0.1) is 0 Å². The van der Waals surface area contributed by atoms with Crippen molar-refractivity contribution < 1.29 is 19.0 Å². The number of unbranched alkanes of at least 4 members (excludes halogenated alkanes) is 9. The first-order valence-electron chi connectivity index (χ1n) is 14.3. The minimum atomic E-state index is -0.600. The molecule has 0 aliphatic rings. The highest BCUT2D eigenvalue weighted by Gasteiger charge is 2.26. The Morgan fingerprint density at radius 3 is 2.00 bits per heavy atom. The number of imidazole rings is 1. The normalized spacial score (nSPS) is 11.7. The summed E-state index contributed by atoms with van der Waals surface area (Å²) in [7, 11) is 4.67. The summed E-state index contributed by atoms with van der Waals surface area (Å²) in [5.41, 5.74) is 2.32. The van der Waals surface area contributed by atoms with E-state index in [0.717, 1.165) is 24.1 Å². The molecule has 0 aliphatic carbocycles. The molecule has 3 rings (SSSR count). The second-order valence-corrected chi connectivity index (χ2v) is 9.95. The van der Waals surface area contributed by atoms with Crippen LogP contribution in [-0.2, 0) is 11.2 Å². The van der Waals surface area contributed by atoms with Gasteiger partial charge in [0.05, 0.1) is 33.4 Å². The molecule has 0 aliphatic heterocycles. The minimum absolute atomic E-state index is 0.217. The molecular formula is C32H45N3O4. The first-order chi connectivity index (χ1) is 19.1. The van der Waals surface area contributed by atoms with E-state index >= 15 is 0 Å². The number of nitrogens with one attached hydrogen (secondary N) is 1. The number of carbonyl (C=O) groups excluding carboxylic acids is 1. The third kappa shape index (κ3) is 9.05. The number of methoxy groups -OCH3 is 3. The molecule has 1 N–H and O–H groups in total. The second kappa shape index (κ2) is 16.5. The number of ether oxygens (including phenoxy) is 3. The van der Waals surface area contributed by atoms with Crippen molar-refractivity contribution >= 4 is 11.6 Å². The van der Waals surface area contributed by atoms with Gasteiger partial charge in [0.1, 0.15) is 29.0 Å². The zero-order chi connectivity index (χ0) is 27.9. The second-order valence-electron chi connectivity index (χ2n) is 9.95. The number of anilines is 1. The van der Waals surface area contributed by atoms with Gasteiger partial charge in [0, 0.05) is 18.3 Å². The molecule has 39 heavy (non-hydrogen) atoms. The predicted octanol–water partition coefficient (Wildman–Crippen LogP) is 7.60. The Hall–Kier alpha value is -3.48. The van der Waals surface area contributed by atoms with Gasteiger partial charge in [0.25, 0.3) is 5.91 Å². The molecule has 0 spiro atoms. The van der Waals surface area contributed by atoms with Crippen LogP contribution < -0.4 is 19.5 Å². The Labute approximate surface area is 233 Å². The Morgan fingerprint density at radius 1 is 0.846 bits per heavy atom. The molecule has 0 radical (unpaired) electrons. The van der Waals surface area contributed by atoms with Crippen LogP contribution in [0.5, 0.6) is 17.2 Å². The van der Waals surface area contributed by atoms with Crippen LogP contribution >= 0.6 is 0 Å². The molecule has 2 aromatic carbocycles. The Kier molecular flexibility index (Phi) is 12.7. The molecule has 1 aromatic heterocycles. The molecule has 3 aromatic rings. The molecular weight excluding hydrogens is 490 g/mol. The van der Waals surface area contributed by atoms with E-state index in [0.29, 0.717) is 22.9 Å². The highest BCUT2D eigenvalue weighted by Crippen LogP contribution is 2.39. The Balaban J connectivity index is 1.65. The number of benzene rings is 2. The van der Waals surface area contributed by atoms with Crippen LogP contribution in [0.1, 0.15) is 88.4 Å². The number of carbonyl (C=O) groups is 1. The Morgan fingerprint density at radius 2 is 1.44 bits per heavy atom. The average Bonchev–Trinajstić information content (AvgIpc) is 3.42. The fraction of sp³-hybridized carbons (Fsp3) is 0.500. The van der Waals surface area contributed by atoms with Gasteiger partial charge in [-0.15, -0.1) is 0 Å². The lowest BCUT2D eigenvalue weighted by atomic mass is 10.0. The number of aryl methyl sites for hydroxylation is 1. The standard InChI is InChI=1S/C32H45N3O4/c1-5-6-7-8-9-10-11-12-13-17-20-26-23-35(24-33-26)31(25-18-15-14-16-19-25)32(36)34-30-28(38-3)21-27(37-2)22-29(30)39-4/h14-16,18-19,21-24,31H,5-13,17,20H2,1-4H3,(H,34,36)/t31-/m1/s1. The summed E-state index contributed by atoms with van der Waals surface area (Å²) < 4.78 is 18.3. The fourth-order valence-corrected chi connectivity index (χ4v) is 4.86. The van der Waals surface area contributed by atoms with Gasteiger partial charge >= 0.3 is 0 Å². The Bertz CT molecular complexity index is 1100. The summed E-state index contributed by atoms with van der Waals surface area (Å²) >= 11 is 0. The van der Waals surface area contributed by atoms with Crippen molar-refractivity contribution in [3.05, 3.63) is 66.2 Å². The van der Waals surface area contributed by atoms with Crippen LogP contribution in [0.3, 0.4) is 0 Å². The van der Waals surface area contributed by atoms with E-state index in [9.17, 15) is 4.79 Å². The highest BCUT2D eigenvalue weighted by molar-refractivity contribution is 5.98. The summed E-state index contributed by atoms with van der Waals surface area (Å²) in [5.74, 6) is 1.27. The maximum atomic E-state index is 13.8. The summed E-state index contributed by atoms with van der Waals surface area (Å²) in [5, 5.41) is 3.03. The smallest absolute Gasteiger partial charge is 0.252 e. The maximum absolute atomic E-state index is 13.8. The van der Waals surface area contributed by atoms with Crippen LogP contribution in [0.2, 0.25) is 0 Å². The fourth-order valence-electron chi connectivity index (χ4n) is 4.86. The number of hydrogen-bond donors (Lipinski definition) is 1. The van der Waals surface area contributed by atoms with Crippen LogP contribution in [-0.4, -0.2) is 36.8 Å². The van der Waals surface area contributed by atoms with Gasteiger partial charge in [-0.3, -0.25) is 4.79 Å². The zero-order valence-electron chi connectivity index (χ0n) is 24.1. The number of rotatable bonds is 18. The van der Waals surface area contributed by atoms with Crippen molar-refractivity contribution in [3.8, 4) is 17.2 Å². The van der Waals surface area contributed by atoms with Crippen molar-refractivity contribution in [2.24, 2.45) is 0 Å². The van der Waals surface area contributed by atoms with Crippen molar-refractivity contribution in [1.82, 2.24) is 9.55 Å². The van der Waals surface area contributed by atoms with Gasteiger partial charge in [-0.1, -0.05) is 95.0 Å². The van der Waals surface area contributed by atoms with Gasteiger partial charge in [0.2, 0.25) is 0 Å². The molecule has 1 atom stereocenters. The lowest BCUT2D eigenvalue weighted by molar-refractivity contribution is -0.118. The van der Waals surface area contributed by atoms with E-state index in [2.05, 4.69) is 17.2 Å². The summed E-state index contributed by atoms with van der Waals surface area (Å²) in [4.78, 5) is 18.4. The monoisotopic (exact) mass is 535 g/mol. The molecule has 0 bridgehead atoms. The SMILES string of the molecule is CCCCCCCCCCCCc1cn([C@@H](C(=O)Nc2c(OC)cc(OC)cc2OC)c2ccccc2)cn1. The molecule has 7 heteroatoms. The third-order valence-electron chi connectivity index (χ3n) is 7.07. The lowest BCUT2D eigenvalue weighted by Gasteiger charge is -2.21. The topological polar surface area (TPSA) is 74.6 Å². The molecule has 212 valence electrons. The number of aromatic nitrogens is 2. The maximum Gasteiger partial charge on any atom is 0.252 e. The van der Waals surface area contributed by atoms with E-state index in [4.69, 9.17) is 14.2 Å². The van der Waals surface area contributed by atoms with Gasteiger partial charge < -0.3 is 24.1 Å². The van der Waals surface area contributed by atoms with E-state index < -0.39 is 6.04 Å². The summed E-state index contributed by atoms with van der Waals surface area (Å²) in [6.07, 6.45) is 17.7. The van der Waals surface area contributed by atoms with Crippen molar-refractivity contribution in [2.45, 2.75) is 83.6 Å².